The average Bonchev–Trinajstić information content (AvgIpc) is 2.25. The van der Waals surface area contributed by atoms with Crippen LogP contribution >= 0.6 is 15.9 Å². The van der Waals surface area contributed by atoms with E-state index < -0.39 is 0 Å². The molecule has 14 heavy (non-hydrogen) atoms. The molecule has 0 saturated heterocycles. The second-order valence-electron chi connectivity index (χ2n) is 3.06. The van der Waals surface area contributed by atoms with Crippen molar-refractivity contribution in [2.45, 2.75) is 19.4 Å². The summed E-state index contributed by atoms with van der Waals surface area (Å²) in [6, 6.07) is 10.2. The standard InChI is InChI=1S/C11H16BrNO/c12-8-4-5-9-13-14-10-11-6-2-1-3-7-11/h1-3,6-7,13H,4-5,8-10H2. The summed E-state index contributed by atoms with van der Waals surface area (Å²) in [7, 11) is 0. The Labute approximate surface area is 93.7 Å². The predicted molar refractivity (Wildman–Crippen MR) is 62.3 cm³/mol. The van der Waals surface area contributed by atoms with Crippen molar-refractivity contribution in [3.63, 3.8) is 0 Å². The number of benzene rings is 1. The highest BCUT2D eigenvalue weighted by molar-refractivity contribution is 9.09. The van der Waals surface area contributed by atoms with E-state index in [1.807, 2.05) is 18.2 Å². The van der Waals surface area contributed by atoms with Crippen molar-refractivity contribution in [2.75, 3.05) is 11.9 Å². The van der Waals surface area contributed by atoms with Crippen LogP contribution in [0.2, 0.25) is 0 Å². The molecule has 0 unspecified atom stereocenters. The maximum atomic E-state index is 5.30. The van der Waals surface area contributed by atoms with Gasteiger partial charge in [-0.25, -0.2) is 5.48 Å². The van der Waals surface area contributed by atoms with Gasteiger partial charge in [0.05, 0.1) is 6.61 Å². The second kappa shape index (κ2) is 7.97. The molecule has 0 radical (unpaired) electrons. The van der Waals surface area contributed by atoms with E-state index >= 15 is 0 Å². The number of nitrogens with one attached hydrogen (secondary N) is 1. The van der Waals surface area contributed by atoms with E-state index in [9.17, 15) is 0 Å². The quantitative estimate of drug-likeness (QED) is 0.461. The number of unbranched alkanes of at least 4 members (excludes halogenated alkanes) is 1. The van der Waals surface area contributed by atoms with Gasteiger partial charge in [-0.05, 0) is 18.4 Å². The third-order valence-electron chi connectivity index (χ3n) is 1.85. The molecule has 0 atom stereocenters. The summed E-state index contributed by atoms with van der Waals surface area (Å²) in [5.74, 6) is 0. The van der Waals surface area contributed by atoms with Crippen molar-refractivity contribution < 1.29 is 4.84 Å². The highest BCUT2D eigenvalue weighted by Gasteiger charge is 1.91. The largest absolute Gasteiger partial charge is 0.297 e. The van der Waals surface area contributed by atoms with Crippen LogP contribution in [0.4, 0.5) is 0 Å². The third kappa shape index (κ3) is 5.37. The molecule has 0 saturated carbocycles. The number of hydrogen-bond donors (Lipinski definition) is 1. The number of hydroxylamine groups is 1. The number of hydrogen-bond acceptors (Lipinski definition) is 2. The minimum Gasteiger partial charge on any atom is -0.297 e. The first kappa shape index (κ1) is 11.7. The molecule has 3 heteroatoms. The molecule has 0 heterocycles. The second-order valence-corrected chi connectivity index (χ2v) is 3.86. The Morgan fingerprint density at radius 2 is 1.93 bits per heavy atom. The lowest BCUT2D eigenvalue weighted by Crippen LogP contribution is -2.15. The van der Waals surface area contributed by atoms with E-state index in [2.05, 4.69) is 33.5 Å². The number of halogens is 1. The summed E-state index contributed by atoms with van der Waals surface area (Å²) in [6.45, 7) is 1.55. The van der Waals surface area contributed by atoms with Crippen molar-refractivity contribution in [3.8, 4) is 0 Å². The van der Waals surface area contributed by atoms with Gasteiger partial charge < -0.3 is 0 Å². The molecule has 1 aromatic carbocycles. The van der Waals surface area contributed by atoms with Gasteiger partial charge >= 0.3 is 0 Å². The van der Waals surface area contributed by atoms with Gasteiger partial charge in [0.1, 0.15) is 0 Å². The normalized spacial score (nSPS) is 10.4. The van der Waals surface area contributed by atoms with E-state index in [0.29, 0.717) is 6.61 Å². The first-order chi connectivity index (χ1) is 6.93. The van der Waals surface area contributed by atoms with Gasteiger partial charge in [0.2, 0.25) is 0 Å². The van der Waals surface area contributed by atoms with E-state index in [4.69, 9.17) is 4.84 Å². The van der Waals surface area contributed by atoms with Crippen LogP contribution in [0.3, 0.4) is 0 Å². The molecule has 1 rings (SSSR count). The van der Waals surface area contributed by atoms with Crippen molar-refractivity contribution >= 4 is 15.9 Å². The zero-order valence-electron chi connectivity index (χ0n) is 8.21. The topological polar surface area (TPSA) is 21.3 Å². The van der Waals surface area contributed by atoms with Crippen LogP contribution in [-0.4, -0.2) is 11.9 Å². The summed E-state index contributed by atoms with van der Waals surface area (Å²) in [5, 5.41) is 1.06. The Morgan fingerprint density at radius 1 is 1.14 bits per heavy atom. The predicted octanol–water partition coefficient (Wildman–Crippen LogP) is 2.88. The van der Waals surface area contributed by atoms with Crippen LogP contribution in [0.15, 0.2) is 30.3 Å². The number of alkyl halides is 1. The molecule has 0 fully saturated rings. The van der Waals surface area contributed by atoms with Crippen LogP contribution in [0, 0.1) is 0 Å². The number of rotatable bonds is 7. The maximum Gasteiger partial charge on any atom is 0.0933 e. The van der Waals surface area contributed by atoms with E-state index in [0.717, 1.165) is 18.3 Å². The van der Waals surface area contributed by atoms with Gasteiger partial charge in [0, 0.05) is 11.9 Å². The summed E-state index contributed by atoms with van der Waals surface area (Å²) in [6.07, 6.45) is 2.32. The molecular weight excluding hydrogens is 242 g/mol. The van der Waals surface area contributed by atoms with Gasteiger partial charge in [-0.1, -0.05) is 46.3 Å². The fourth-order valence-electron chi connectivity index (χ4n) is 1.07. The molecule has 0 aliphatic rings. The zero-order valence-corrected chi connectivity index (χ0v) is 9.79. The van der Waals surface area contributed by atoms with Gasteiger partial charge in [0.15, 0.2) is 0 Å². The first-order valence-corrected chi connectivity index (χ1v) is 6.00. The minimum absolute atomic E-state index is 0.634. The van der Waals surface area contributed by atoms with Crippen molar-refractivity contribution in [1.29, 1.82) is 0 Å². The average molecular weight is 258 g/mol. The van der Waals surface area contributed by atoms with Crippen molar-refractivity contribution in [3.05, 3.63) is 35.9 Å². The van der Waals surface area contributed by atoms with Gasteiger partial charge in [-0.3, -0.25) is 4.84 Å². The molecule has 2 nitrogen and oxygen atoms in total. The monoisotopic (exact) mass is 257 g/mol. The smallest absolute Gasteiger partial charge is 0.0933 e. The third-order valence-corrected chi connectivity index (χ3v) is 2.41. The summed E-state index contributed by atoms with van der Waals surface area (Å²) >= 11 is 3.39. The Morgan fingerprint density at radius 3 is 2.64 bits per heavy atom. The van der Waals surface area contributed by atoms with Gasteiger partial charge in [-0.15, -0.1) is 0 Å². The fraction of sp³-hybridized carbons (Fsp3) is 0.455. The molecule has 0 aliphatic heterocycles. The van der Waals surface area contributed by atoms with Crippen LogP contribution in [-0.2, 0) is 11.4 Å². The molecule has 78 valence electrons. The Hall–Kier alpha value is -0.380. The molecule has 0 spiro atoms. The van der Waals surface area contributed by atoms with Crippen LogP contribution < -0.4 is 5.48 Å². The van der Waals surface area contributed by atoms with Gasteiger partial charge in [-0.2, -0.15) is 0 Å². The SMILES string of the molecule is BrCCCCNOCc1ccccc1. The minimum atomic E-state index is 0.634. The first-order valence-electron chi connectivity index (χ1n) is 4.88. The molecule has 0 amide bonds. The lowest BCUT2D eigenvalue weighted by Gasteiger charge is -2.04. The highest BCUT2D eigenvalue weighted by atomic mass is 79.9. The Balaban J connectivity index is 1.99. The van der Waals surface area contributed by atoms with E-state index in [-0.39, 0.29) is 0 Å². The zero-order chi connectivity index (χ0) is 10.1. The molecule has 1 aromatic rings. The summed E-state index contributed by atoms with van der Waals surface area (Å²) < 4.78 is 0. The van der Waals surface area contributed by atoms with Crippen LogP contribution in [0.25, 0.3) is 0 Å². The summed E-state index contributed by atoms with van der Waals surface area (Å²) in [4.78, 5) is 5.30. The summed E-state index contributed by atoms with van der Waals surface area (Å²) in [5.41, 5.74) is 4.14. The van der Waals surface area contributed by atoms with E-state index in [1.165, 1.54) is 12.0 Å². The van der Waals surface area contributed by atoms with Crippen molar-refractivity contribution in [2.24, 2.45) is 0 Å². The molecule has 1 N–H and O–H groups in total. The maximum absolute atomic E-state index is 5.30. The molecular formula is C11H16BrNO. The van der Waals surface area contributed by atoms with Gasteiger partial charge in [0.25, 0.3) is 0 Å². The molecule has 0 aromatic heterocycles. The highest BCUT2D eigenvalue weighted by Crippen LogP contribution is 1.99. The molecule has 0 bridgehead atoms. The van der Waals surface area contributed by atoms with Crippen molar-refractivity contribution in [1.82, 2.24) is 5.48 Å². The lowest BCUT2D eigenvalue weighted by atomic mass is 10.2. The van der Waals surface area contributed by atoms with Crippen LogP contribution in [0.5, 0.6) is 0 Å². The Kier molecular flexibility index (Phi) is 6.66. The fourth-order valence-corrected chi connectivity index (χ4v) is 1.47. The van der Waals surface area contributed by atoms with Crippen LogP contribution in [0.1, 0.15) is 18.4 Å². The lowest BCUT2D eigenvalue weighted by molar-refractivity contribution is 0.0275. The van der Waals surface area contributed by atoms with E-state index in [1.54, 1.807) is 0 Å². The molecule has 0 aliphatic carbocycles. The Bertz CT molecular complexity index is 228.